The SMILES string of the molecule is CCCN(C(=O)OCc1ccccc1)C1CC1. The van der Waals surface area contributed by atoms with Crippen LogP contribution in [0.15, 0.2) is 30.3 Å². The first-order valence-electron chi connectivity index (χ1n) is 6.28. The third-order valence-electron chi connectivity index (χ3n) is 2.89. The van der Waals surface area contributed by atoms with Crippen LogP contribution in [0.25, 0.3) is 0 Å². The van der Waals surface area contributed by atoms with Crippen LogP contribution in [0.4, 0.5) is 4.79 Å². The van der Waals surface area contributed by atoms with Crippen LogP contribution in [0.1, 0.15) is 31.7 Å². The van der Waals surface area contributed by atoms with Crippen molar-refractivity contribution in [2.24, 2.45) is 0 Å². The lowest BCUT2D eigenvalue weighted by atomic mass is 10.2. The molecule has 1 aliphatic carbocycles. The minimum atomic E-state index is -0.168. The highest BCUT2D eigenvalue weighted by Crippen LogP contribution is 2.27. The second-order valence-corrected chi connectivity index (χ2v) is 4.46. The molecule has 0 radical (unpaired) electrons. The molecule has 2 rings (SSSR count). The van der Waals surface area contributed by atoms with Gasteiger partial charge in [0.05, 0.1) is 0 Å². The number of amides is 1. The summed E-state index contributed by atoms with van der Waals surface area (Å²) in [6, 6.07) is 10.2. The molecule has 0 heterocycles. The Labute approximate surface area is 102 Å². The average Bonchev–Trinajstić information content (AvgIpc) is 3.18. The number of rotatable bonds is 5. The quantitative estimate of drug-likeness (QED) is 0.781. The highest BCUT2D eigenvalue weighted by atomic mass is 16.6. The summed E-state index contributed by atoms with van der Waals surface area (Å²) in [6.45, 7) is 3.25. The molecule has 0 saturated heterocycles. The molecule has 1 aromatic carbocycles. The molecule has 1 fully saturated rings. The number of benzene rings is 1. The van der Waals surface area contributed by atoms with Gasteiger partial charge in [-0.2, -0.15) is 0 Å². The monoisotopic (exact) mass is 233 g/mol. The molecule has 1 aliphatic rings. The molecule has 1 amide bonds. The maximum Gasteiger partial charge on any atom is 0.410 e. The third kappa shape index (κ3) is 3.48. The van der Waals surface area contributed by atoms with Crippen LogP contribution < -0.4 is 0 Å². The lowest BCUT2D eigenvalue weighted by Gasteiger charge is -2.20. The van der Waals surface area contributed by atoms with Crippen molar-refractivity contribution in [1.29, 1.82) is 0 Å². The molecule has 0 spiro atoms. The number of nitrogens with zero attached hydrogens (tertiary/aromatic N) is 1. The molecule has 1 saturated carbocycles. The van der Waals surface area contributed by atoms with Crippen molar-refractivity contribution in [2.75, 3.05) is 6.54 Å². The van der Waals surface area contributed by atoms with Crippen molar-refractivity contribution in [1.82, 2.24) is 4.90 Å². The fourth-order valence-corrected chi connectivity index (χ4v) is 1.85. The molecular weight excluding hydrogens is 214 g/mol. The summed E-state index contributed by atoms with van der Waals surface area (Å²) in [4.78, 5) is 13.8. The molecular formula is C14H19NO2. The molecule has 0 bridgehead atoms. The summed E-state index contributed by atoms with van der Waals surface area (Å²) in [5.74, 6) is 0. The molecule has 17 heavy (non-hydrogen) atoms. The largest absolute Gasteiger partial charge is 0.445 e. The summed E-state index contributed by atoms with van der Waals surface area (Å²) in [7, 11) is 0. The van der Waals surface area contributed by atoms with Gasteiger partial charge in [-0.25, -0.2) is 4.79 Å². The van der Waals surface area contributed by atoms with E-state index in [4.69, 9.17) is 4.74 Å². The first kappa shape index (κ1) is 12.0. The minimum Gasteiger partial charge on any atom is -0.445 e. The first-order chi connectivity index (χ1) is 8.31. The topological polar surface area (TPSA) is 29.5 Å². The van der Waals surface area contributed by atoms with Crippen molar-refractivity contribution in [3.63, 3.8) is 0 Å². The summed E-state index contributed by atoms with van der Waals surface area (Å²) in [5, 5.41) is 0. The predicted molar refractivity (Wildman–Crippen MR) is 66.6 cm³/mol. The van der Waals surface area contributed by atoms with Crippen LogP contribution in [-0.4, -0.2) is 23.6 Å². The minimum absolute atomic E-state index is 0.168. The van der Waals surface area contributed by atoms with E-state index in [1.54, 1.807) is 0 Å². The van der Waals surface area contributed by atoms with E-state index in [0.29, 0.717) is 12.6 Å². The Morgan fingerprint density at radius 1 is 1.35 bits per heavy atom. The van der Waals surface area contributed by atoms with Gasteiger partial charge in [-0.3, -0.25) is 0 Å². The lowest BCUT2D eigenvalue weighted by Crippen LogP contribution is -2.34. The zero-order chi connectivity index (χ0) is 12.1. The van der Waals surface area contributed by atoms with Crippen molar-refractivity contribution in [3.8, 4) is 0 Å². The Morgan fingerprint density at radius 2 is 2.06 bits per heavy atom. The first-order valence-corrected chi connectivity index (χ1v) is 6.28. The lowest BCUT2D eigenvalue weighted by molar-refractivity contribution is 0.0936. The molecule has 92 valence electrons. The van der Waals surface area contributed by atoms with Crippen LogP contribution in [0.5, 0.6) is 0 Å². The van der Waals surface area contributed by atoms with Gasteiger partial charge < -0.3 is 9.64 Å². The van der Waals surface area contributed by atoms with E-state index in [9.17, 15) is 4.79 Å². The normalized spacial score (nSPS) is 14.4. The van der Waals surface area contributed by atoms with Crippen LogP contribution in [0.2, 0.25) is 0 Å². The average molecular weight is 233 g/mol. The highest BCUT2D eigenvalue weighted by molar-refractivity contribution is 5.68. The smallest absolute Gasteiger partial charge is 0.410 e. The number of carbonyl (C=O) groups is 1. The fraction of sp³-hybridized carbons (Fsp3) is 0.500. The van der Waals surface area contributed by atoms with Crippen LogP contribution >= 0.6 is 0 Å². The van der Waals surface area contributed by atoms with E-state index in [1.807, 2.05) is 35.2 Å². The van der Waals surface area contributed by atoms with E-state index < -0.39 is 0 Å². The molecule has 0 unspecified atom stereocenters. The van der Waals surface area contributed by atoms with Crippen molar-refractivity contribution >= 4 is 6.09 Å². The predicted octanol–water partition coefficient (Wildman–Crippen LogP) is 3.20. The Balaban J connectivity index is 1.83. The Morgan fingerprint density at radius 3 is 2.65 bits per heavy atom. The van der Waals surface area contributed by atoms with Gasteiger partial charge in [-0.05, 0) is 24.8 Å². The maximum atomic E-state index is 11.9. The second-order valence-electron chi connectivity index (χ2n) is 4.46. The number of carbonyl (C=O) groups excluding carboxylic acids is 1. The highest BCUT2D eigenvalue weighted by Gasteiger charge is 2.32. The van der Waals surface area contributed by atoms with Gasteiger partial charge in [0.25, 0.3) is 0 Å². The third-order valence-corrected chi connectivity index (χ3v) is 2.89. The summed E-state index contributed by atoms with van der Waals surface area (Å²) < 4.78 is 5.33. The second kappa shape index (κ2) is 5.71. The van der Waals surface area contributed by atoms with E-state index in [1.165, 1.54) is 0 Å². The van der Waals surface area contributed by atoms with Gasteiger partial charge in [-0.1, -0.05) is 37.3 Å². The number of hydrogen-bond donors (Lipinski definition) is 0. The van der Waals surface area contributed by atoms with E-state index in [0.717, 1.165) is 31.4 Å². The van der Waals surface area contributed by atoms with Crippen molar-refractivity contribution in [2.45, 2.75) is 38.8 Å². The number of hydrogen-bond acceptors (Lipinski definition) is 2. The van der Waals surface area contributed by atoms with Gasteiger partial charge in [0.2, 0.25) is 0 Å². The van der Waals surface area contributed by atoms with E-state index >= 15 is 0 Å². The molecule has 0 atom stereocenters. The fourth-order valence-electron chi connectivity index (χ4n) is 1.85. The summed E-state index contributed by atoms with van der Waals surface area (Å²) >= 11 is 0. The van der Waals surface area contributed by atoms with E-state index in [2.05, 4.69) is 6.92 Å². The van der Waals surface area contributed by atoms with Gasteiger partial charge in [-0.15, -0.1) is 0 Å². The van der Waals surface area contributed by atoms with Gasteiger partial charge >= 0.3 is 6.09 Å². The van der Waals surface area contributed by atoms with Crippen LogP contribution in [0, 0.1) is 0 Å². The number of ether oxygens (including phenoxy) is 1. The Bertz CT molecular complexity index is 360. The van der Waals surface area contributed by atoms with Crippen LogP contribution in [0.3, 0.4) is 0 Å². The van der Waals surface area contributed by atoms with Gasteiger partial charge in [0.1, 0.15) is 6.61 Å². The standard InChI is InChI=1S/C14H19NO2/c1-2-10-15(13-8-9-13)14(16)17-11-12-6-4-3-5-7-12/h3-7,13H,2,8-11H2,1H3. The van der Waals surface area contributed by atoms with Crippen molar-refractivity contribution < 1.29 is 9.53 Å². The van der Waals surface area contributed by atoms with Crippen LogP contribution in [-0.2, 0) is 11.3 Å². The molecule has 3 nitrogen and oxygen atoms in total. The summed E-state index contributed by atoms with van der Waals surface area (Å²) in [6.07, 6.45) is 3.07. The Kier molecular flexibility index (Phi) is 4.02. The Hall–Kier alpha value is -1.51. The zero-order valence-electron chi connectivity index (χ0n) is 10.3. The molecule has 0 aromatic heterocycles. The van der Waals surface area contributed by atoms with Gasteiger partial charge in [0.15, 0.2) is 0 Å². The molecule has 0 aliphatic heterocycles. The maximum absolute atomic E-state index is 11.9. The molecule has 0 N–H and O–H groups in total. The molecule has 1 aromatic rings. The van der Waals surface area contributed by atoms with Gasteiger partial charge in [0, 0.05) is 12.6 Å². The van der Waals surface area contributed by atoms with Crippen molar-refractivity contribution in [3.05, 3.63) is 35.9 Å². The molecule has 3 heteroatoms. The summed E-state index contributed by atoms with van der Waals surface area (Å²) in [5.41, 5.74) is 1.04. The zero-order valence-corrected chi connectivity index (χ0v) is 10.3. The van der Waals surface area contributed by atoms with E-state index in [-0.39, 0.29) is 6.09 Å².